The second kappa shape index (κ2) is 11.1. The highest BCUT2D eigenvalue weighted by Gasteiger charge is 2.32. The molecule has 140 valence electrons. The maximum atomic E-state index is 12.5. The number of halogens is 2. The summed E-state index contributed by atoms with van der Waals surface area (Å²) < 4.78 is 2.02. The van der Waals surface area contributed by atoms with Crippen LogP contribution in [0.3, 0.4) is 0 Å². The Morgan fingerprint density at radius 1 is 1.24 bits per heavy atom. The molecule has 0 radical (unpaired) electrons. The molecule has 0 saturated carbocycles. The van der Waals surface area contributed by atoms with Crippen molar-refractivity contribution in [2.45, 2.75) is 39.8 Å². The van der Waals surface area contributed by atoms with Crippen LogP contribution < -0.4 is 11.1 Å². The fraction of sp³-hybridized carbons (Fsp3) is 0.444. The van der Waals surface area contributed by atoms with Crippen LogP contribution >= 0.6 is 24.8 Å². The average Bonchev–Trinajstić information content (AvgIpc) is 3.08. The van der Waals surface area contributed by atoms with Gasteiger partial charge in [0.05, 0.1) is 11.7 Å². The van der Waals surface area contributed by atoms with E-state index in [4.69, 9.17) is 5.73 Å². The standard InChI is InChI=1S/C18H26N4O.2ClH/c1-3-18(4-2,13-19)17(23)21-11-15-6-5-7-16(10-15)12-22-9-8-20-14-22;;/h5-10,14H,3-4,11-13,19H2,1-2H3,(H,21,23);2*1H. The van der Waals surface area contributed by atoms with E-state index < -0.39 is 5.41 Å². The number of nitrogens with two attached hydrogens (primary N) is 1. The van der Waals surface area contributed by atoms with E-state index in [0.29, 0.717) is 13.1 Å². The monoisotopic (exact) mass is 386 g/mol. The topological polar surface area (TPSA) is 72.9 Å². The van der Waals surface area contributed by atoms with Crippen molar-refractivity contribution < 1.29 is 4.79 Å². The second-order valence-electron chi connectivity index (χ2n) is 5.93. The quantitative estimate of drug-likeness (QED) is 0.731. The molecule has 0 fully saturated rings. The molecule has 0 atom stereocenters. The van der Waals surface area contributed by atoms with E-state index in [9.17, 15) is 4.79 Å². The van der Waals surface area contributed by atoms with E-state index >= 15 is 0 Å². The van der Waals surface area contributed by atoms with Crippen molar-refractivity contribution in [3.63, 3.8) is 0 Å². The number of imidazole rings is 1. The second-order valence-corrected chi connectivity index (χ2v) is 5.93. The molecule has 2 aromatic rings. The predicted molar refractivity (Wildman–Crippen MR) is 106 cm³/mol. The Labute approximate surface area is 162 Å². The molecule has 3 N–H and O–H groups in total. The van der Waals surface area contributed by atoms with Crippen LogP contribution in [0.2, 0.25) is 0 Å². The molecule has 0 saturated heterocycles. The first-order chi connectivity index (χ1) is 11.1. The molecule has 0 bridgehead atoms. The van der Waals surface area contributed by atoms with Gasteiger partial charge in [-0.1, -0.05) is 38.1 Å². The van der Waals surface area contributed by atoms with Crippen molar-refractivity contribution in [3.8, 4) is 0 Å². The van der Waals surface area contributed by atoms with Crippen LogP contribution in [-0.2, 0) is 17.9 Å². The van der Waals surface area contributed by atoms with Gasteiger partial charge in [0.15, 0.2) is 0 Å². The van der Waals surface area contributed by atoms with Crippen LogP contribution in [-0.4, -0.2) is 22.0 Å². The number of benzene rings is 1. The zero-order valence-corrected chi connectivity index (χ0v) is 16.4. The van der Waals surface area contributed by atoms with Crippen molar-refractivity contribution >= 4 is 30.7 Å². The van der Waals surface area contributed by atoms with Crippen molar-refractivity contribution in [1.29, 1.82) is 0 Å². The van der Waals surface area contributed by atoms with E-state index in [1.165, 1.54) is 5.56 Å². The van der Waals surface area contributed by atoms with E-state index in [2.05, 4.69) is 22.4 Å². The van der Waals surface area contributed by atoms with Crippen molar-refractivity contribution in [1.82, 2.24) is 14.9 Å². The third kappa shape index (κ3) is 6.03. The molecule has 0 spiro atoms. The summed E-state index contributed by atoms with van der Waals surface area (Å²) in [6.45, 7) is 5.71. The number of carbonyl (C=O) groups is 1. The van der Waals surface area contributed by atoms with Gasteiger partial charge < -0.3 is 15.6 Å². The maximum Gasteiger partial charge on any atom is 0.227 e. The average molecular weight is 387 g/mol. The Bertz CT molecular complexity index is 620. The number of amides is 1. The number of rotatable bonds is 8. The fourth-order valence-corrected chi connectivity index (χ4v) is 2.75. The summed E-state index contributed by atoms with van der Waals surface area (Å²) in [5.74, 6) is 0.0463. The molecule has 1 aromatic heterocycles. The fourth-order valence-electron chi connectivity index (χ4n) is 2.75. The van der Waals surface area contributed by atoms with Gasteiger partial charge >= 0.3 is 0 Å². The molecule has 0 aliphatic rings. The van der Waals surface area contributed by atoms with Gasteiger partial charge in [0.1, 0.15) is 0 Å². The molecule has 1 aromatic carbocycles. The summed E-state index contributed by atoms with van der Waals surface area (Å²) in [6.07, 6.45) is 7.02. The Hall–Kier alpha value is -1.56. The van der Waals surface area contributed by atoms with Gasteiger partial charge in [-0.3, -0.25) is 4.79 Å². The lowest BCUT2D eigenvalue weighted by atomic mass is 9.81. The highest BCUT2D eigenvalue weighted by Crippen LogP contribution is 2.25. The zero-order valence-electron chi connectivity index (χ0n) is 14.8. The molecule has 0 aliphatic carbocycles. The highest BCUT2D eigenvalue weighted by atomic mass is 35.5. The first kappa shape index (κ1) is 23.4. The summed E-state index contributed by atoms with van der Waals surface area (Å²) in [5.41, 5.74) is 7.66. The van der Waals surface area contributed by atoms with Crippen LogP contribution in [0.25, 0.3) is 0 Å². The molecule has 0 aliphatic heterocycles. The first-order valence-corrected chi connectivity index (χ1v) is 8.15. The Kier molecular flexibility index (Phi) is 10.4. The Balaban J connectivity index is 0.00000288. The molecule has 7 heteroatoms. The van der Waals surface area contributed by atoms with Gasteiger partial charge in [0.25, 0.3) is 0 Å². The van der Waals surface area contributed by atoms with Gasteiger partial charge in [-0.2, -0.15) is 0 Å². The normalized spacial score (nSPS) is 10.5. The molecular weight excluding hydrogens is 359 g/mol. The molecule has 1 amide bonds. The number of nitrogens with one attached hydrogen (secondary N) is 1. The van der Waals surface area contributed by atoms with E-state index in [-0.39, 0.29) is 30.7 Å². The van der Waals surface area contributed by atoms with Crippen LogP contribution in [0, 0.1) is 5.41 Å². The minimum atomic E-state index is -0.450. The molecule has 2 rings (SSSR count). The summed E-state index contributed by atoms with van der Waals surface area (Å²) in [5, 5.41) is 3.04. The number of hydrogen-bond acceptors (Lipinski definition) is 3. The van der Waals surface area contributed by atoms with Gasteiger partial charge in [-0.05, 0) is 24.0 Å². The summed E-state index contributed by atoms with van der Waals surface area (Å²) >= 11 is 0. The van der Waals surface area contributed by atoms with Gasteiger partial charge in [0, 0.05) is 32.0 Å². The summed E-state index contributed by atoms with van der Waals surface area (Å²) in [7, 11) is 0. The third-order valence-corrected chi connectivity index (χ3v) is 4.59. The van der Waals surface area contributed by atoms with E-state index in [0.717, 1.165) is 24.9 Å². The lowest BCUT2D eigenvalue weighted by molar-refractivity contribution is -0.131. The van der Waals surface area contributed by atoms with Crippen molar-refractivity contribution in [2.75, 3.05) is 6.54 Å². The van der Waals surface area contributed by atoms with Crippen LogP contribution in [0.15, 0.2) is 43.0 Å². The largest absolute Gasteiger partial charge is 0.352 e. The van der Waals surface area contributed by atoms with E-state index in [1.54, 1.807) is 12.5 Å². The Morgan fingerprint density at radius 3 is 2.48 bits per heavy atom. The molecule has 5 nitrogen and oxygen atoms in total. The summed E-state index contributed by atoms with van der Waals surface area (Å²) in [6, 6.07) is 8.24. The first-order valence-electron chi connectivity index (χ1n) is 8.15. The number of hydrogen-bond donors (Lipinski definition) is 2. The van der Waals surface area contributed by atoms with Crippen molar-refractivity contribution in [3.05, 3.63) is 54.1 Å². The number of carbonyl (C=O) groups excluding carboxylic acids is 1. The lowest BCUT2D eigenvalue weighted by Gasteiger charge is -2.28. The zero-order chi connectivity index (χ0) is 16.7. The third-order valence-electron chi connectivity index (χ3n) is 4.59. The molecule has 0 unspecified atom stereocenters. The van der Waals surface area contributed by atoms with E-state index in [1.807, 2.05) is 36.7 Å². The number of nitrogens with zero attached hydrogens (tertiary/aromatic N) is 2. The smallest absolute Gasteiger partial charge is 0.227 e. The molecule has 1 heterocycles. The maximum absolute atomic E-state index is 12.5. The van der Waals surface area contributed by atoms with Gasteiger partial charge in [-0.15, -0.1) is 24.8 Å². The predicted octanol–water partition coefficient (Wildman–Crippen LogP) is 3.16. The minimum Gasteiger partial charge on any atom is -0.352 e. The van der Waals surface area contributed by atoms with Crippen LogP contribution in [0.1, 0.15) is 37.8 Å². The number of aromatic nitrogens is 2. The SMILES string of the molecule is CCC(CC)(CN)C(=O)NCc1cccc(Cn2ccnc2)c1.Cl.Cl. The Morgan fingerprint density at radius 2 is 1.92 bits per heavy atom. The highest BCUT2D eigenvalue weighted by molar-refractivity contribution is 5.85. The molecular formula is C18H28Cl2N4O. The van der Waals surface area contributed by atoms with Gasteiger partial charge in [-0.25, -0.2) is 4.98 Å². The van der Waals surface area contributed by atoms with Gasteiger partial charge in [0.2, 0.25) is 5.91 Å². The van der Waals surface area contributed by atoms with Crippen LogP contribution in [0.4, 0.5) is 0 Å². The molecule has 25 heavy (non-hydrogen) atoms. The van der Waals surface area contributed by atoms with Crippen molar-refractivity contribution in [2.24, 2.45) is 11.1 Å². The summed E-state index contributed by atoms with van der Waals surface area (Å²) in [4.78, 5) is 16.5. The van der Waals surface area contributed by atoms with Crippen LogP contribution in [0.5, 0.6) is 0 Å². The lowest BCUT2D eigenvalue weighted by Crippen LogP contribution is -2.45. The minimum absolute atomic E-state index is 0.